The second-order valence-electron chi connectivity index (χ2n) is 15.0. The van der Waals surface area contributed by atoms with E-state index in [1.807, 2.05) is 0 Å². The van der Waals surface area contributed by atoms with Crippen LogP contribution in [0.15, 0.2) is 18.5 Å². The van der Waals surface area contributed by atoms with E-state index in [-0.39, 0.29) is 0 Å². The molecule has 0 spiro atoms. The van der Waals surface area contributed by atoms with Crippen LogP contribution in [0.2, 0.25) is 0 Å². The summed E-state index contributed by atoms with van der Waals surface area (Å²) >= 11 is 0. The number of nitrogens with zero attached hydrogens (tertiary/aromatic N) is 2. The lowest BCUT2D eigenvalue weighted by Crippen LogP contribution is -2.13. The summed E-state index contributed by atoms with van der Waals surface area (Å²) in [5, 5.41) is 0. The van der Waals surface area contributed by atoms with Crippen LogP contribution in [0.1, 0.15) is 179 Å². The van der Waals surface area contributed by atoms with E-state index in [1.165, 1.54) is 164 Å². The van der Waals surface area contributed by atoms with Gasteiger partial charge in [-0.2, -0.15) is 0 Å². The molecule has 2 saturated carbocycles. The zero-order chi connectivity index (χ0) is 30.3. The summed E-state index contributed by atoms with van der Waals surface area (Å²) < 4.78 is 8.58. The molecule has 2 aliphatic carbocycles. The maximum Gasteiger partial charge on any atom is 0.0871 e. The third-order valence-electron chi connectivity index (χ3n) is 11.2. The fourth-order valence-corrected chi connectivity index (χ4v) is 8.35. The van der Waals surface area contributed by atoms with Crippen molar-refractivity contribution in [2.24, 2.45) is 17.8 Å². The van der Waals surface area contributed by atoms with E-state index in [0.29, 0.717) is 12.0 Å². The summed E-state index contributed by atoms with van der Waals surface area (Å²) in [4.78, 5) is 5.40. The van der Waals surface area contributed by atoms with Crippen LogP contribution in [0.5, 0.6) is 0 Å². The normalized spacial score (nSPS) is 28.8. The van der Waals surface area contributed by atoms with Gasteiger partial charge in [-0.3, -0.25) is 4.98 Å². The van der Waals surface area contributed by atoms with Crippen molar-refractivity contribution in [3.63, 3.8) is 0 Å². The maximum atomic E-state index is 6.08. The number of ether oxygens (including phenoxy) is 1. The van der Waals surface area contributed by atoms with Crippen molar-refractivity contribution in [3.05, 3.63) is 29.7 Å². The summed E-state index contributed by atoms with van der Waals surface area (Å²) in [5.74, 6) is 3.15. The van der Waals surface area contributed by atoms with Crippen LogP contribution in [0.3, 0.4) is 0 Å². The van der Waals surface area contributed by atoms with Gasteiger partial charge in [0.2, 0.25) is 0 Å². The Morgan fingerprint density at radius 2 is 1.28 bits per heavy atom. The summed E-state index contributed by atoms with van der Waals surface area (Å²) in [5.41, 5.74) is 5.51. The van der Waals surface area contributed by atoms with Crippen molar-refractivity contribution in [1.82, 2.24) is 9.55 Å². The van der Waals surface area contributed by atoms with Gasteiger partial charge in [-0.15, -0.1) is 0 Å². The van der Waals surface area contributed by atoms with Gasteiger partial charge in [-0.25, -0.2) is 0 Å². The van der Waals surface area contributed by atoms with E-state index in [1.54, 1.807) is 0 Å². The van der Waals surface area contributed by atoms with Crippen LogP contribution in [0.4, 0.5) is 0 Å². The van der Waals surface area contributed by atoms with Crippen LogP contribution >= 0.6 is 0 Å². The van der Waals surface area contributed by atoms with Gasteiger partial charge in [0.1, 0.15) is 0 Å². The molecule has 2 aliphatic heterocycles. The Kier molecular flexibility index (Phi) is 15.4. The lowest BCUT2D eigenvalue weighted by atomic mass is 9.84. The van der Waals surface area contributed by atoms with Gasteiger partial charge in [-0.05, 0) is 81.8 Å². The van der Waals surface area contributed by atoms with Crippen molar-refractivity contribution in [2.75, 3.05) is 6.61 Å². The van der Waals surface area contributed by atoms with Gasteiger partial charge in [0.15, 0.2) is 0 Å². The fraction of sp³-hybridized carbons (Fsp3) is 0.825. The Morgan fingerprint density at radius 1 is 0.698 bits per heavy atom. The average Bonchev–Trinajstić information content (AvgIpc) is 3.31. The monoisotopic (exact) mass is 593 g/mol. The Balaban J connectivity index is 1.40. The molecule has 0 saturated heterocycles. The van der Waals surface area contributed by atoms with E-state index in [0.717, 1.165) is 30.9 Å². The van der Waals surface area contributed by atoms with Crippen molar-refractivity contribution < 1.29 is 4.74 Å². The third-order valence-corrected chi connectivity index (χ3v) is 11.2. The van der Waals surface area contributed by atoms with E-state index >= 15 is 0 Å². The Bertz CT molecular complexity index is 981. The summed E-state index contributed by atoms with van der Waals surface area (Å²) in [6.07, 6.45) is 35.3. The highest BCUT2D eigenvalue weighted by Crippen LogP contribution is 2.38. The second kappa shape index (κ2) is 19.2. The number of fused-ring (bicyclic) bond motifs is 1. The van der Waals surface area contributed by atoms with Gasteiger partial charge >= 0.3 is 0 Å². The van der Waals surface area contributed by atoms with Gasteiger partial charge in [0.25, 0.3) is 0 Å². The quantitative estimate of drug-likeness (QED) is 0.345. The predicted octanol–water partition coefficient (Wildman–Crippen LogP) is 12.3. The first-order valence-electron chi connectivity index (χ1n) is 19.1. The van der Waals surface area contributed by atoms with Crippen LogP contribution in [-0.4, -0.2) is 22.3 Å². The van der Waals surface area contributed by atoms with Crippen LogP contribution < -0.4 is 0 Å². The number of rotatable bonds is 5. The lowest BCUT2D eigenvalue weighted by Gasteiger charge is -2.21. The zero-order valence-electron chi connectivity index (χ0n) is 28.9. The highest BCUT2D eigenvalue weighted by Gasteiger charge is 2.24. The first-order valence-corrected chi connectivity index (χ1v) is 19.1. The number of aromatic nitrogens is 2. The molecule has 3 heteroatoms. The molecule has 4 aliphatic rings. The molecule has 0 aromatic heterocycles. The molecule has 244 valence electrons. The Hall–Kier alpha value is -1.35. The Labute approximate surface area is 266 Å². The van der Waals surface area contributed by atoms with Crippen molar-refractivity contribution in [2.45, 2.75) is 188 Å². The minimum Gasteiger partial charge on any atom is -0.379 e. The minimum atomic E-state index is 0.496. The number of hydrogen-bond acceptors (Lipinski definition) is 2. The number of pyridine rings is 1. The van der Waals surface area contributed by atoms with E-state index in [9.17, 15) is 0 Å². The minimum absolute atomic E-state index is 0.496. The fourth-order valence-electron chi connectivity index (χ4n) is 8.35. The molecule has 5 unspecified atom stereocenters. The Morgan fingerprint density at radius 3 is 2.00 bits per heavy atom. The van der Waals surface area contributed by atoms with Crippen LogP contribution in [-0.2, 0) is 11.3 Å². The summed E-state index contributed by atoms with van der Waals surface area (Å²) in [6.45, 7) is 11.5. The molecule has 0 N–H and O–H groups in total. The summed E-state index contributed by atoms with van der Waals surface area (Å²) in [6, 6.07) is 2.39. The smallest absolute Gasteiger partial charge is 0.0871 e. The van der Waals surface area contributed by atoms with E-state index in [4.69, 9.17) is 9.72 Å². The first kappa shape index (κ1) is 34.5. The van der Waals surface area contributed by atoms with Crippen molar-refractivity contribution in [1.29, 1.82) is 0 Å². The maximum absolute atomic E-state index is 6.08. The topological polar surface area (TPSA) is 27.1 Å². The molecule has 4 rings (SSSR count). The lowest BCUT2D eigenvalue weighted by molar-refractivity contribution is 0.0469. The molecule has 0 radical (unpaired) electrons. The molecule has 0 bridgehead atoms. The van der Waals surface area contributed by atoms with Crippen LogP contribution in [0.25, 0.3) is 11.3 Å². The van der Waals surface area contributed by atoms with E-state index < -0.39 is 0 Å². The largest absolute Gasteiger partial charge is 0.379 e. The SMILES string of the molecule is CCOC1CCCCCCCCC(Cn2ccc3c(C)c(C4CCCCC(C)CCCC(C)CC4)nc-3c2)CCCCC1. The molecular formula is C40H68N2O. The average molecular weight is 593 g/mol. The molecule has 2 heterocycles. The highest BCUT2D eigenvalue weighted by atomic mass is 16.5. The molecule has 0 aromatic rings. The van der Waals surface area contributed by atoms with E-state index in [2.05, 4.69) is 50.7 Å². The molecular weight excluding hydrogens is 524 g/mol. The third kappa shape index (κ3) is 11.8. The molecule has 0 aromatic carbocycles. The van der Waals surface area contributed by atoms with Gasteiger partial charge < -0.3 is 9.30 Å². The molecule has 5 atom stereocenters. The van der Waals surface area contributed by atoms with Crippen molar-refractivity contribution >= 4 is 0 Å². The molecule has 43 heavy (non-hydrogen) atoms. The zero-order valence-corrected chi connectivity index (χ0v) is 28.9. The van der Waals surface area contributed by atoms with Gasteiger partial charge in [0.05, 0.1) is 11.8 Å². The first-order chi connectivity index (χ1) is 21.0. The standard InChI is InChI=1S/C40H68N2O/c1-5-43-37-24-13-9-7-6-8-11-21-35(22-12-10-14-25-37)30-42-29-28-38-34(4)40(41-39(38)31-42)36-23-16-15-18-32(2)19-17-20-33(3)26-27-36/h28-29,31-33,35-37H,5-27,30H2,1-4H3. The molecule has 0 amide bonds. The number of hydrogen-bond donors (Lipinski definition) is 0. The predicted molar refractivity (Wildman–Crippen MR) is 185 cm³/mol. The second-order valence-corrected chi connectivity index (χ2v) is 15.0. The summed E-state index contributed by atoms with van der Waals surface area (Å²) in [7, 11) is 0. The van der Waals surface area contributed by atoms with Gasteiger partial charge in [-0.1, -0.05) is 117 Å². The van der Waals surface area contributed by atoms with Crippen LogP contribution in [0, 0.1) is 24.7 Å². The van der Waals surface area contributed by atoms with Gasteiger partial charge in [0, 0.05) is 42.7 Å². The van der Waals surface area contributed by atoms with Crippen molar-refractivity contribution in [3.8, 4) is 11.3 Å². The molecule has 2 fully saturated rings. The highest BCUT2D eigenvalue weighted by molar-refractivity contribution is 5.67. The molecule has 3 nitrogen and oxygen atoms in total.